The number of nitrogens with zero attached hydrogens (tertiary/aromatic N) is 4. The second kappa shape index (κ2) is 17.0. The first-order valence-corrected chi connectivity index (χ1v) is 16.4. The van der Waals surface area contributed by atoms with Gasteiger partial charge in [-0.25, -0.2) is 8.78 Å². The summed E-state index contributed by atoms with van der Waals surface area (Å²) in [6.45, 7) is 8.26. The Labute approximate surface area is 298 Å². The van der Waals surface area contributed by atoms with Gasteiger partial charge in [0.2, 0.25) is 0 Å². The average molecular weight is 894 g/mol. The fraction of sp³-hybridized carbons (Fsp3) is 0.111. The van der Waals surface area contributed by atoms with Crippen LogP contribution in [0.3, 0.4) is 0 Å². The number of rotatable bonds is 3. The van der Waals surface area contributed by atoms with Gasteiger partial charge in [0.25, 0.3) is 0 Å². The van der Waals surface area contributed by atoms with Gasteiger partial charge < -0.3 is 9.97 Å². The van der Waals surface area contributed by atoms with Crippen molar-refractivity contribution in [2.24, 2.45) is 0 Å². The van der Waals surface area contributed by atoms with Crippen LogP contribution < -0.4 is 0 Å². The predicted octanol–water partition coefficient (Wildman–Crippen LogP) is 12.1. The zero-order valence-corrected chi connectivity index (χ0v) is 30.3. The van der Waals surface area contributed by atoms with Crippen molar-refractivity contribution in [2.45, 2.75) is 27.7 Å². The molecule has 0 saturated carbocycles. The van der Waals surface area contributed by atoms with Crippen LogP contribution in [0.15, 0.2) is 110 Å². The van der Waals surface area contributed by atoms with Crippen molar-refractivity contribution in [3.63, 3.8) is 0 Å². The van der Waals surface area contributed by atoms with E-state index in [0.717, 1.165) is 22.5 Å². The van der Waals surface area contributed by atoms with Crippen molar-refractivity contribution in [1.82, 2.24) is 19.9 Å². The van der Waals surface area contributed by atoms with Gasteiger partial charge in [0.1, 0.15) is 11.6 Å². The van der Waals surface area contributed by atoms with Gasteiger partial charge in [0.15, 0.2) is 0 Å². The monoisotopic (exact) mass is 894 g/mol. The molecule has 0 N–H and O–H groups in total. The first-order valence-electron chi connectivity index (χ1n) is 14.3. The van der Waals surface area contributed by atoms with Crippen LogP contribution in [0.1, 0.15) is 22.3 Å². The molecule has 4 aromatic heterocycles. The van der Waals surface area contributed by atoms with Crippen molar-refractivity contribution in [3.05, 3.63) is 156 Å². The number of aryl methyl sites for hydroxylation is 4. The standard InChI is InChI=1S/2C13H12N.C10H6F2N2.F6P.Ir/c2*1-10-3-5-12(6-4-10)13-9-11(2)7-8-14-13;11-7-1-3-13-9(5-7)10-6-8(12)2-4-14-10;1-7(2,3,4,5)6;/h2*3-5,7-9H,1-2H3;1-6H;;/q2*-1;;-1;+3. The van der Waals surface area contributed by atoms with Crippen molar-refractivity contribution >= 4 is 7.81 Å². The SMILES string of the molecule is Cc1c[c-]c(-c2cc(C)ccn2)cc1.Cc1c[c-]c(-c2cc(C)ccn2)cc1.F[P-](F)(F)(F)(F)F.Fc1ccnc(-c2cc(F)ccn2)c1.[Ir+3]. The minimum absolute atomic E-state index is 0. The second-order valence-corrected chi connectivity index (χ2v) is 12.6. The van der Waals surface area contributed by atoms with E-state index >= 15 is 0 Å². The molecule has 6 rings (SSSR count). The van der Waals surface area contributed by atoms with Gasteiger partial charge in [0.05, 0.1) is 11.4 Å². The third-order valence-electron chi connectivity index (χ3n) is 6.03. The fourth-order valence-electron chi connectivity index (χ4n) is 3.78. The molecule has 4 heterocycles. The molecular weight excluding hydrogens is 864 g/mol. The van der Waals surface area contributed by atoms with E-state index in [1.54, 1.807) is 0 Å². The van der Waals surface area contributed by atoms with E-state index in [9.17, 15) is 34.0 Å². The van der Waals surface area contributed by atoms with E-state index in [-0.39, 0.29) is 20.1 Å². The molecule has 0 amide bonds. The summed E-state index contributed by atoms with van der Waals surface area (Å²) < 4.78 is 84.8. The Morgan fingerprint density at radius 3 is 1.04 bits per heavy atom. The summed E-state index contributed by atoms with van der Waals surface area (Å²) in [4.78, 5) is 16.4. The molecule has 0 unspecified atom stereocenters. The van der Waals surface area contributed by atoms with E-state index in [2.05, 4.69) is 96.2 Å². The Morgan fingerprint density at radius 1 is 0.440 bits per heavy atom. The molecular formula is C36H30F8IrN4P. The molecule has 0 fully saturated rings. The smallest absolute Gasteiger partial charge is 0.254 e. The zero-order valence-electron chi connectivity index (χ0n) is 27.0. The maximum absolute atomic E-state index is 12.8. The van der Waals surface area contributed by atoms with E-state index < -0.39 is 19.4 Å². The summed E-state index contributed by atoms with van der Waals surface area (Å²) in [6.07, 6.45) is 6.30. The van der Waals surface area contributed by atoms with Crippen LogP contribution in [-0.2, 0) is 20.1 Å². The Kier molecular flexibility index (Phi) is 14.2. The maximum Gasteiger partial charge on any atom is 3.00 e. The first kappa shape index (κ1) is 41.7. The number of halogens is 8. The van der Waals surface area contributed by atoms with Crippen LogP contribution in [0.25, 0.3) is 33.9 Å². The van der Waals surface area contributed by atoms with Gasteiger partial charge in [-0.1, -0.05) is 37.1 Å². The molecule has 0 spiro atoms. The van der Waals surface area contributed by atoms with Gasteiger partial charge in [-0.2, -0.15) is 0 Å². The minimum atomic E-state index is -10.7. The van der Waals surface area contributed by atoms with Gasteiger partial charge in [-0.15, -0.1) is 70.8 Å². The van der Waals surface area contributed by atoms with Crippen molar-refractivity contribution in [3.8, 4) is 33.9 Å². The van der Waals surface area contributed by atoms with Crippen LogP contribution in [-0.4, -0.2) is 19.9 Å². The quantitative estimate of drug-likeness (QED) is 0.101. The molecule has 0 radical (unpaired) electrons. The molecule has 0 atom stereocenters. The van der Waals surface area contributed by atoms with Crippen LogP contribution in [0.4, 0.5) is 34.0 Å². The van der Waals surface area contributed by atoms with Crippen LogP contribution in [0.2, 0.25) is 0 Å². The van der Waals surface area contributed by atoms with E-state index in [4.69, 9.17) is 0 Å². The number of benzene rings is 2. The number of hydrogen-bond acceptors (Lipinski definition) is 4. The molecule has 264 valence electrons. The van der Waals surface area contributed by atoms with E-state index in [1.165, 1.54) is 58.9 Å². The maximum atomic E-state index is 12.8. The summed E-state index contributed by atoms with van der Waals surface area (Å²) in [5, 5.41) is 0. The minimum Gasteiger partial charge on any atom is -0.254 e. The number of hydrogen-bond donors (Lipinski definition) is 0. The molecule has 0 bridgehead atoms. The predicted molar refractivity (Wildman–Crippen MR) is 177 cm³/mol. The Hall–Kier alpha value is -4.44. The topological polar surface area (TPSA) is 51.6 Å². The van der Waals surface area contributed by atoms with Crippen molar-refractivity contribution in [2.75, 3.05) is 0 Å². The Morgan fingerprint density at radius 2 is 0.760 bits per heavy atom. The van der Waals surface area contributed by atoms with Crippen molar-refractivity contribution < 1.29 is 54.1 Å². The van der Waals surface area contributed by atoms with Crippen LogP contribution in [0.5, 0.6) is 0 Å². The molecule has 4 nitrogen and oxygen atoms in total. The number of pyridine rings is 4. The second-order valence-electron chi connectivity index (χ2n) is 10.7. The normalized spacial score (nSPS) is 11.8. The Balaban J connectivity index is 0.000000236. The van der Waals surface area contributed by atoms with E-state index in [1.807, 2.05) is 36.7 Å². The van der Waals surface area contributed by atoms with Gasteiger partial charge in [-0.05, 0) is 49.5 Å². The third kappa shape index (κ3) is 17.3. The molecule has 0 aliphatic heterocycles. The molecule has 6 aromatic rings. The first-order chi connectivity index (χ1) is 22.7. The molecule has 50 heavy (non-hydrogen) atoms. The zero-order chi connectivity index (χ0) is 36.3. The summed E-state index contributed by atoms with van der Waals surface area (Å²) >= 11 is 0. The summed E-state index contributed by atoms with van der Waals surface area (Å²) in [5.74, 6) is -0.831. The molecule has 0 saturated heterocycles. The van der Waals surface area contributed by atoms with Gasteiger partial charge >= 0.3 is 53.1 Å². The fourth-order valence-corrected chi connectivity index (χ4v) is 3.78. The third-order valence-corrected chi connectivity index (χ3v) is 6.03. The molecule has 0 aliphatic rings. The van der Waals surface area contributed by atoms with Crippen LogP contribution in [0, 0.1) is 51.5 Å². The number of aromatic nitrogens is 4. The molecule has 14 heteroatoms. The summed E-state index contributed by atoms with van der Waals surface area (Å²) in [6, 6.07) is 31.7. The molecule has 0 aliphatic carbocycles. The van der Waals surface area contributed by atoms with E-state index in [0.29, 0.717) is 11.4 Å². The Bertz CT molecular complexity index is 1830. The molecule has 2 aromatic carbocycles. The average Bonchev–Trinajstić information content (AvgIpc) is 3.01. The van der Waals surface area contributed by atoms with Gasteiger partial charge in [-0.3, -0.25) is 9.97 Å². The van der Waals surface area contributed by atoms with Crippen molar-refractivity contribution in [1.29, 1.82) is 0 Å². The van der Waals surface area contributed by atoms with Crippen LogP contribution >= 0.6 is 7.81 Å². The largest absolute Gasteiger partial charge is 3.00 e. The van der Waals surface area contributed by atoms with Gasteiger partial charge in [0, 0.05) is 36.9 Å². The summed E-state index contributed by atoms with van der Waals surface area (Å²) in [7, 11) is -10.7. The summed E-state index contributed by atoms with van der Waals surface area (Å²) in [5.41, 5.74) is 9.64.